The molecule has 0 aromatic carbocycles. The van der Waals surface area contributed by atoms with Crippen LogP contribution in [0.1, 0.15) is 19.8 Å². The summed E-state index contributed by atoms with van der Waals surface area (Å²) >= 11 is 0. The van der Waals surface area contributed by atoms with Crippen LogP contribution in [0.3, 0.4) is 0 Å². The van der Waals surface area contributed by atoms with Crippen molar-refractivity contribution in [1.82, 2.24) is 9.78 Å². The first kappa shape index (κ1) is 10.9. The third kappa shape index (κ3) is 2.01. The van der Waals surface area contributed by atoms with Crippen molar-refractivity contribution in [1.29, 1.82) is 0 Å². The lowest BCUT2D eigenvalue weighted by Crippen LogP contribution is -2.23. The highest BCUT2D eigenvalue weighted by Gasteiger charge is 2.29. The Morgan fingerprint density at radius 3 is 3.12 bits per heavy atom. The van der Waals surface area contributed by atoms with Crippen LogP contribution < -0.4 is 4.90 Å². The highest BCUT2D eigenvalue weighted by Crippen LogP contribution is 2.24. The van der Waals surface area contributed by atoms with E-state index in [1.54, 1.807) is 11.1 Å². The summed E-state index contributed by atoms with van der Waals surface area (Å²) in [6.45, 7) is 7.48. The molecular formula is C12H17N3O. The molecule has 1 saturated heterocycles. The van der Waals surface area contributed by atoms with E-state index in [-0.39, 0.29) is 11.8 Å². The second-order valence-electron chi connectivity index (χ2n) is 4.17. The smallest absolute Gasteiger partial charge is 0.227 e. The maximum Gasteiger partial charge on any atom is 0.227 e. The Morgan fingerprint density at radius 1 is 1.69 bits per heavy atom. The summed E-state index contributed by atoms with van der Waals surface area (Å²) in [4.78, 5) is 13.5. The van der Waals surface area contributed by atoms with Gasteiger partial charge in [0.1, 0.15) is 0 Å². The molecule has 2 heterocycles. The Balaban J connectivity index is 2.11. The summed E-state index contributed by atoms with van der Waals surface area (Å²) in [5.74, 6) is 0.447. The quantitative estimate of drug-likeness (QED) is 0.725. The number of hydrogen-bond donors (Lipinski definition) is 0. The average Bonchev–Trinajstić information content (AvgIpc) is 2.85. The van der Waals surface area contributed by atoms with Gasteiger partial charge in [0, 0.05) is 31.6 Å². The minimum absolute atomic E-state index is 0.168. The van der Waals surface area contributed by atoms with E-state index in [9.17, 15) is 4.79 Å². The Morgan fingerprint density at radius 2 is 2.50 bits per heavy atom. The Bertz CT molecular complexity index is 397. The second-order valence-corrected chi connectivity index (χ2v) is 4.17. The van der Waals surface area contributed by atoms with Crippen molar-refractivity contribution in [2.24, 2.45) is 5.92 Å². The average molecular weight is 219 g/mol. The van der Waals surface area contributed by atoms with Crippen LogP contribution in [0.2, 0.25) is 0 Å². The fraction of sp³-hybridized carbons (Fsp3) is 0.500. The van der Waals surface area contributed by atoms with Crippen LogP contribution in [0.4, 0.5) is 5.69 Å². The van der Waals surface area contributed by atoms with Gasteiger partial charge in [-0.15, -0.1) is 6.58 Å². The van der Waals surface area contributed by atoms with Crippen LogP contribution in [0.15, 0.2) is 25.0 Å². The minimum Gasteiger partial charge on any atom is -0.309 e. The van der Waals surface area contributed by atoms with E-state index >= 15 is 0 Å². The number of carbonyl (C=O) groups is 1. The molecule has 1 aromatic rings. The number of amides is 1. The number of aryl methyl sites for hydroxylation is 1. The van der Waals surface area contributed by atoms with Gasteiger partial charge in [-0.3, -0.25) is 9.48 Å². The zero-order valence-electron chi connectivity index (χ0n) is 9.59. The van der Waals surface area contributed by atoms with Gasteiger partial charge in [0.2, 0.25) is 5.91 Å². The summed E-state index contributed by atoms with van der Waals surface area (Å²) in [6.07, 6.45) is 7.17. The van der Waals surface area contributed by atoms with Crippen LogP contribution in [-0.4, -0.2) is 22.2 Å². The molecule has 1 aliphatic heterocycles. The van der Waals surface area contributed by atoms with Crippen molar-refractivity contribution < 1.29 is 4.79 Å². The minimum atomic E-state index is 0.168. The van der Waals surface area contributed by atoms with E-state index in [1.807, 2.05) is 17.0 Å². The SMILES string of the molecule is C=CC1CC(=O)N(c2cnn(CCC)c2)C1. The Hall–Kier alpha value is -1.58. The van der Waals surface area contributed by atoms with E-state index in [2.05, 4.69) is 18.6 Å². The zero-order chi connectivity index (χ0) is 11.5. The van der Waals surface area contributed by atoms with Crippen molar-refractivity contribution in [2.75, 3.05) is 11.4 Å². The molecule has 1 aliphatic rings. The third-order valence-electron chi connectivity index (χ3n) is 2.87. The number of nitrogens with zero attached hydrogens (tertiary/aromatic N) is 3. The summed E-state index contributed by atoms with van der Waals surface area (Å²) in [6, 6.07) is 0. The number of carbonyl (C=O) groups excluding carboxylic acids is 1. The van der Waals surface area contributed by atoms with Crippen LogP contribution in [-0.2, 0) is 11.3 Å². The first-order valence-corrected chi connectivity index (χ1v) is 5.70. The normalized spacial score (nSPS) is 20.4. The highest BCUT2D eigenvalue weighted by molar-refractivity contribution is 5.95. The van der Waals surface area contributed by atoms with Gasteiger partial charge < -0.3 is 4.90 Å². The molecule has 16 heavy (non-hydrogen) atoms. The molecule has 1 fully saturated rings. The maximum absolute atomic E-state index is 11.8. The molecular weight excluding hydrogens is 202 g/mol. The fourth-order valence-electron chi connectivity index (χ4n) is 1.99. The predicted octanol–water partition coefficient (Wildman–Crippen LogP) is 1.83. The lowest BCUT2D eigenvalue weighted by molar-refractivity contribution is -0.117. The lowest BCUT2D eigenvalue weighted by Gasteiger charge is -2.12. The summed E-state index contributed by atoms with van der Waals surface area (Å²) < 4.78 is 1.88. The van der Waals surface area contributed by atoms with Gasteiger partial charge in [0.05, 0.1) is 11.9 Å². The summed E-state index contributed by atoms with van der Waals surface area (Å²) in [5.41, 5.74) is 0.905. The van der Waals surface area contributed by atoms with Crippen molar-refractivity contribution >= 4 is 11.6 Å². The number of aromatic nitrogens is 2. The van der Waals surface area contributed by atoms with Crippen LogP contribution >= 0.6 is 0 Å². The molecule has 2 rings (SSSR count). The molecule has 1 atom stereocenters. The molecule has 1 aromatic heterocycles. The molecule has 1 unspecified atom stereocenters. The predicted molar refractivity (Wildman–Crippen MR) is 63.2 cm³/mol. The molecule has 86 valence electrons. The van der Waals surface area contributed by atoms with Crippen LogP contribution in [0.25, 0.3) is 0 Å². The van der Waals surface area contributed by atoms with E-state index in [0.717, 1.165) is 25.2 Å². The molecule has 0 saturated carbocycles. The molecule has 0 spiro atoms. The summed E-state index contributed by atoms with van der Waals surface area (Å²) in [7, 11) is 0. The fourth-order valence-corrected chi connectivity index (χ4v) is 1.99. The molecule has 1 amide bonds. The maximum atomic E-state index is 11.8. The van der Waals surface area contributed by atoms with Crippen molar-refractivity contribution in [3.05, 3.63) is 25.0 Å². The van der Waals surface area contributed by atoms with Gasteiger partial charge in [-0.1, -0.05) is 13.0 Å². The van der Waals surface area contributed by atoms with Crippen molar-refractivity contribution in [3.63, 3.8) is 0 Å². The van der Waals surface area contributed by atoms with Gasteiger partial charge in [-0.05, 0) is 6.42 Å². The molecule has 0 bridgehead atoms. The third-order valence-corrected chi connectivity index (χ3v) is 2.87. The first-order chi connectivity index (χ1) is 7.74. The number of rotatable bonds is 4. The Labute approximate surface area is 95.5 Å². The highest BCUT2D eigenvalue weighted by atomic mass is 16.2. The summed E-state index contributed by atoms with van der Waals surface area (Å²) in [5, 5.41) is 4.23. The van der Waals surface area contributed by atoms with E-state index in [0.29, 0.717) is 6.42 Å². The largest absolute Gasteiger partial charge is 0.309 e. The topological polar surface area (TPSA) is 38.1 Å². The van der Waals surface area contributed by atoms with Crippen molar-refractivity contribution in [3.8, 4) is 0 Å². The van der Waals surface area contributed by atoms with Gasteiger partial charge in [-0.2, -0.15) is 5.10 Å². The molecule has 4 nitrogen and oxygen atoms in total. The van der Waals surface area contributed by atoms with Gasteiger partial charge >= 0.3 is 0 Å². The van der Waals surface area contributed by atoms with Gasteiger partial charge in [-0.25, -0.2) is 0 Å². The first-order valence-electron chi connectivity index (χ1n) is 5.70. The van der Waals surface area contributed by atoms with Crippen LogP contribution in [0, 0.1) is 5.92 Å². The molecule has 0 N–H and O–H groups in total. The number of anilines is 1. The lowest BCUT2D eigenvalue weighted by atomic mass is 10.1. The Kier molecular flexibility index (Phi) is 3.08. The van der Waals surface area contributed by atoms with Crippen molar-refractivity contribution in [2.45, 2.75) is 26.3 Å². The monoisotopic (exact) mass is 219 g/mol. The van der Waals surface area contributed by atoms with E-state index < -0.39 is 0 Å². The standard InChI is InChI=1S/C12H17N3O/c1-3-5-14-9-11(7-13-14)15-8-10(4-2)6-12(15)16/h4,7,9-10H,2-3,5-6,8H2,1H3. The van der Waals surface area contributed by atoms with Gasteiger partial charge in [0.15, 0.2) is 0 Å². The number of hydrogen-bond acceptors (Lipinski definition) is 2. The zero-order valence-corrected chi connectivity index (χ0v) is 9.59. The molecule has 0 aliphatic carbocycles. The molecule has 0 radical (unpaired) electrons. The second kappa shape index (κ2) is 4.51. The molecule has 4 heteroatoms. The van der Waals surface area contributed by atoms with E-state index in [1.165, 1.54) is 0 Å². The van der Waals surface area contributed by atoms with E-state index in [4.69, 9.17) is 0 Å². The van der Waals surface area contributed by atoms with Gasteiger partial charge in [0.25, 0.3) is 0 Å². The van der Waals surface area contributed by atoms with Crippen LogP contribution in [0.5, 0.6) is 0 Å².